The van der Waals surface area contributed by atoms with Crippen molar-refractivity contribution in [1.82, 2.24) is 10.3 Å². The van der Waals surface area contributed by atoms with Gasteiger partial charge < -0.3 is 14.8 Å². The van der Waals surface area contributed by atoms with E-state index >= 15 is 0 Å². The lowest BCUT2D eigenvalue weighted by atomic mass is 10.3. The Hall–Kier alpha value is -2.07. The quantitative estimate of drug-likeness (QED) is 0.785. The lowest BCUT2D eigenvalue weighted by Crippen LogP contribution is -2.14. The third kappa shape index (κ3) is 4.24. The molecular formula is C16H20N2O2. The van der Waals surface area contributed by atoms with Crippen molar-refractivity contribution in [3.8, 4) is 17.4 Å². The molecule has 106 valence electrons. The number of ether oxygens (including phenoxy) is 2. The van der Waals surface area contributed by atoms with Crippen molar-refractivity contribution in [3.05, 3.63) is 48.2 Å². The largest absolute Gasteiger partial charge is 0.497 e. The van der Waals surface area contributed by atoms with E-state index in [1.807, 2.05) is 42.5 Å². The van der Waals surface area contributed by atoms with Gasteiger partial charge in [-0.25, -0.2) is 4.98 Å². The Labute approximate surface area is 119 Å². The van der Waals surface area contributed by atoms with Crippen molar-refractivity contribution in [2.75, 3.05) is 13.7 Å². The Kier molecular flexibility index (Phi) is 5.38. The molecule has 0 aliphatic heterocycles. The molecule has 0 amide bonds. The molecule has 0 aliphatic carbocycles. The van der Waals surface area contributed by atoms with Crippen LogP contribution in [0.2, 0.25) is 0 Å². The lowest BCUT2D eigenvalue weighted by molar-refractivity contribution is 0.407. The summed E-state index contributed by atoms with van der Waals surface area (Å²) in [6, 6.07) is 13.3. The molecule has 0 fully saturated rings. The van der Waals surface area contributed by atoms with Crippen LogP contribution in [-0.2, 0) is 6.54 Å². The predicted molar refractivity (Wildman–Crippen MR) is 79.3 cm³/mol. The Morgan fingerprint density at radius 2 is 1.90 bits per heavy atom. The number of nitrogens with zero attached hydrogens (tertiary/aromatic N) is 1. The van der Waals surface area contributed by atoms with E-state index in [4.69, 9.17) is 9.47 Å². The van der Waals surface area contributed by atoms with E-state index in [0.29, 0.717) is 5.88 Å². The summed E-state index contributed by atoms with van der Waals surface area (Å²) in [5.41, 5.74) is 0.971. The van der Waals surface area contributed by atoms with E-state index in [-0.39, 0.29) is 0 Å². The van der Waals surface area contributed by atoms with Crippen LogP contribution in [0.15, 0.2) is 42.5 Å². The Balaban J connectivity index is 2.03. The molecule has 20 heavy (non-hydrogen) atoms. The summed E-state index contributed by atoms with van der Waals surface area (Å²) in [4.78, 5) is 4.47. The van der Waals surface area contributed by atoms with E-state index in [9.17, 15) is 0 Å². The normalized spacial score (nSPS) is 10.3. The molecule has 2 aromatic rings. The molecule has 0 aliphatic rings. The minimum absolute atomic E-state index is 0.592. The molecule has 4 nitrogen and oxygen atoms in total. The zero-order valence-electron chi connectivity index (χ0n) is 11.9. The zero-order valence-corrected chi connectivity index (χ0v) is 11.9. The van der Waals surface area contributed by atoms with E-state index < -0.39 is 0 Å². The van der Waals surface area contributed by atoms with Gasteiger partial charge in [-0.2, -0.15) is 0 Å². The van der Waals surface area contributed by atoms with E-state index in [1.165, 1.54) is 0 Å². The number of benzene rings is 1. The van der Waals surface area contributed by atoms with Crippen LogP contribution in [0.5, 0.6) is 17.4 Å². The van der Waals surface area contributed by atoms with Gasteiger partial charge in [0.05, 0.1) is 12.8 Å². The molecule has 1 aromatic heterocycles. The highest BCUT2D eigenvalue weighted by Gasteiger charge is 2.02. The summed E-state index contributed by atoms with van der Waals surface area (Å²) in [7, 11) is 1.64. The van der Waals surface area contributed by atoms with Gasteiger partial charge in [-0.15, -0.1) is 0 Å². The Morgan fingerprint density at radius 1 is 1.10 bits per heavy atom. The van der Waals surface area contributed by atoms with Crippen LogP contribution in [0, 0.1) is 0 Å². The van der Waals surface area contributed by atoms with Crippen LogP contribution >= 0.6 is 0 Å². The molecule has 2 rings (SSSR count). The first-order valence-corrected chi connectivity index (χ1v) is 6.80. The maximum Gasteiger partial charge on any atom is 0.219 e. The molecule has 0 radical (unpaired) electrons. The number of pyridine rings is 1. The average molecular weight is 272 g/mol. The van der Waals surface area contributed by atoms with E-state index in [1.54, 1.807) is 7.11 Å². The van der Waals surface area contributed by atoms with Gasteiger partial charge in [0, 0.05) is 18.7 Å². The van der Waals surface area contributed by atoms with Gasteiger partial charge in [0.25, 0.3) is 0 Å². The molecular weight excluding hydrogens is 252 g/mol. The number of rotatable bonds is 7. The minimum Gasteiger partial charge on any atom is -0.497 e. The van der Waals surface area contributed by atoms with Gasteiger partial charge in [0.1, 0.15) is 11.5 Å². The molecule has 1 N–H and O–H groups in total. The molecule has 1 aromatic carbocycles. The second-order valence-electron chi connectivity index (χ2n) is 4.42. The molecule has 4 heteroatoms. The summed E-state index contributed by atoms with van der Waals surface area (Å²) >= 11 is 0. The summed E-state index contributed by atoms with van der Waals surface area (Å²) in [6.07, 6.45) is 1.11. The zero-order chi connectivity index (χ0) is 14.2. The number of aromatic nitrogens is 1. The highest BCUT2D eigenvalue weighted by Crippen LogP contribution is 2.23. The highest BCUT2D eigenvalue weighted by molar-refractivity contribution is 5.35. The van der Waals surface area contributed by atoms with Crippen molar-refractivity contribution in [3.63, 3.8) is 0 Å². The van der Waals surface area contributed by atoms with Gasteiger partial charge in [-0.3, -0.25) is 0 Å². The van der Waals surface area contributed by atoms with Gasteiger partial charge >= 0.3 is 0 Å². The summed E-state index contributed by atoms with van der Waals surface area (Å²) in [5, 5.41) is 3.32. The molecule has 0 unspecified atom stereocenters. The number of hydrogen-bond acceptors (Lipinski definition) is 4. The van der Waals surface area contributed by atoms with Crippen LogP contribution in [0.25, 0.3) is 0 Å². The monoisotopic (exact) mass is 272 g/mol. The fourth-order valence-corrected chi connectivity index (χ4v) is 1.79. The van der Waals surface area contributed by atoms with Crippen LogP contribution in [0.1, 0.15) is 19.0 Å². The summed E-state index contributed by atoms with van der Waals surface area (Å²) in [6.45, 7) is 3.88. The smallest absolute Gasteiger partial charge is 0.219 e. The average Bonchev–Trinajstić information content (AvgIpc) is 2.48. The van der Waals surface area contributed by atoms with Crippen LogP contribution in [-0.4, -0.2) is 18.6 Å². The Morgan fingerprint density at radius 3 is 2.70 bits per heavy atom. The van der Waals surface area contributed by atoms with Crippen molar-refractivity contribution in [2.45, 2.75) is 19.9 Å². The molecule has 0 atom stereocenters. The second-order valence-corrected chi connectivity index (χ2v) is 4.42. The first-order valence-electron chi connectivity index (χ1n) is 6.80. The molecule has 0 bridgehead atoms. The predicted octanol–water partition coefficient (Wildman–Crippen LogP) is 3.38. The van der Waals surface area contributed by atoms with E-state index in [2.05, 4.69) is 17.2 Å². The number of methoxy groups -OCH3 is 1. The SMILES string of the molecule is CCCNCc1cccc(Oc2cccc(OC)c2)n1. The topological polar surface area (TPSA) is 43.4 Å². The van der Waals surface area contributed by atoms with E-state index in [0.717, 1.165) is 36.7 Å². The van der Waals surface area contributed by atoms with Crippen molar-refractivity contribution in [2.24, 2.45) is 0 Å². The molecule has 1 heterocycles. The number of nitrogens with one attached hydrogen (secondary N) is 1. The lowest BCUT2D eigenvalue weighted by Gasteiger charge is -2.08. The van der Waals surface area contributed by atoms with Crippen molar-refractivity contribution < 1.29 is 9.47 Å². The highest BCUT2D eigenvalue weighted by atomic mass is 16.5. The number of hydrogen-bond donors (Lipinski definition) is 1. The summed E-state index contributed by atoms with van der Waals surface area (Å²) in [5.74, 6) is 2.08. The fourth-order valence-electron chi connectivity index (χ4n) is 1.79. The van der Waals surface area contributed by atoms with Gasteiger partial charge in [0.2, 0.25) is 5.88 Å². The second kappa shape index (κ2) is 7.50. The third-order valence-electron chi connectivity index (χ3n) is 2.78. The van der Waals surface area contributed by atoms with Crippen molar-refractivity contribution >= 4 is 0 Å². The maximum absolute atomic E-state index is 5.75. The van der Waals surface area contributed by atoms with Crippen molar-refractivity contribution in [1.29, 1.82) is 0 Å². The third-order valence-corrected chi connectivity index (χ3v) is 2.78. The first-order chi connectivity index (χ1) is 9.81. The van der Waals surface area contributed by atoms with Crippen LogP contribution < -0.4 is 14.8 Å². The summed E-state index contributed by atoms with van der Waals surface area (Å²) < 4.78 is 10.9. The maximum atomic E-state index is 5.75. The fraction of sp³-hybridized carbons (Fsp3) is 0.312. The van der Waals surface area contributed by atoms with Crippen LogP contribution in [0.3, 0.4) is 0 Å². The molecule has 0 saturated carbocycles. The Bertz CT molecular complexity index is 544. The molecule has 0 spiro atoms. The molecule has 0 saturated heterocycles. The minimum atomic E-state index is 0.592. The van der Waals surface area contributed by atoms with Gasteiger partial charge in [-0.05, 0) is 31.2 Å². The van der Waals surface area contributed by atoms with Gasteiger partial charge in [0.15, 0.2) is 0 Å². The standard InChI is InChI=1S/C16H20N2O2/c1-3-10-17-12-13-6-4-9-16(18-13)20-15-8-5-7-14(11-15)19-2/h4-9,11,17H,3,10,12H2,1-2H3. The first kappa shape index (κ1) is 14.3. The van der Waals surface area contributed by atoms with Gasteiger partial charge in [-0.1, -0.05) is 19.1 Å². The van der Waals surface area contributed by atoms with Crippen LogP contribution in [0.4, 0.5) is 0 Å².